The number of thioether (sulfide) groups is 1. The Bertz CT molecular complexity index is 402. The van der Waals surface area contributed by atoms with Crippen LogP contribution in [0, 0.1) is 0 Å². The summed E-state index contributed by atoms with van der Waals surface area (Å²) >= 11 is 1.37. The van der Waals surface area contributed by atoms with Crippen LogP contribution in [0.1, 0.15) is 13.3 Å². The van der Waals surface area contributed by atoms with Crippen molar-refractivity contribution in [2.75, 3.05) is 5.75 Å². The van der Waals surface area contributed by atoms with Crippen LogP contribution in [0.15, 0.2) is 29.2 Å². The molecule has 0 spiro atoms. The molecule has 0 radical (unpaired) electrons. The second kappa shape index (κ2) is 6.37. The molecule has 1 rings (SSSR count). The van der Waals surface area contributed by atoms with Crippen molar-refractivity contribution >= 4 is 17.7 Å². The van der Waals surface area contributed by atoms with Gasteiger partial charge in [0.1, 0.15) is 5.25 Å². The molecule has 1 N–H and O–H groups in total. The second-order valence-corrected chi connectivity index (χ2v) is 4.65. The monoisotopic (exact) mass is 241 g/mol. The van der Waals surface area contributed by atoms with Gasteiger partial charge in [-0.05, 0) is 12.5 Å². The van der Waals surface area contributed by atoms with E-state index in [-0.39, 0.29) is 10.8 Å². The molecule has 1 atom stereocenters. The van der Waals surface area contributed by atoms with Crippen molar-refractivity contribution in [2.24, 2.45) is 0 Å². The van der Waals surface area contributed by atoms with Crippen LogP contribution in [0.25, 0.3) is 0 Å². The average molecular weight is 241 g/mol. The number of aryl methyl sites for hydroxylation is 1. The molecule has 1 aromatic rings. The molecule has 0 amide bonds. The molecule has 0 aromatic carbocycles. The normalized spacial score (nSPS) is 12.3. The standard InChI is InChI=1S/C11H15NO3S/c1-2-9(11(14)15)16-8-7-12-6-4-3-5-10(12)13/h3-6,9H,2,7-8H2,1H3,(H,14,15). The number of aromatic nitrogens is 1. The summed E-state index contributed by atoms with van der Waals surface area (Å²) in [6.45, 7) is 2.40. The van der Waals surface area contributed by atoms with Crippen molar-refractivity contribution in [3.05, 3.63) is 34.7 Å². The average Bonchev–Trinajstić information content (AvgIpc) is 2.26. The van der Waals surface area contributed by atoms with Gasteiger partial charge in [-0.2, -0.15) is 0 Å². The van der Waals surface area contributed by atoms with Crippen molar-refractivity contribution in [1.29, 1.82) is 0 Å². The summed E-state index contributed by atoms with van der Waals surface area (Å²) in [5.41, 5.74) is -0.0496. The van der Waals surface area contributed by atoms with Crippen LogP contribution in [0.5, 0.6) is 0 Å². The molecule has 0 aliphatic heterocycles. The summed E-state index contributed by atoms with van der Waals surface area (Å²) in [6, 6.07) is 4.98. The van der Waals surface area contributed by atoms with Crippen LogP contribution in [0.3, 0.4) is 0 Å². The topological polar surface area (TPSA) is 59.3 Å². The summed E-state index contributed by atoms with van der Waals surface area (Å²) in [4.78, 5) is 22.1. The van der Waals surface area contributed by atoms with Crippen molar-refractivity contribution in [3.8, 4) is 0 Å². The zero-order valence-corrected chi connectivity index (χ0v) is 9.94. The van der Waals surface area contributed by atoms with E-state index in [2.05, 4.69) is 0 Å². The van der Waals surface area contributed by atoms with Crippen molar-refractivity contribution in [1.82, 2.24) is 4.57 Å². The Morgan fingerprint density at radius 3 is 2.88 bits per heavy atom. The Balaban J connectivity index is 2.44. The maximum absolute atomic E-state index is 11.3. The van der Waals surface area contributed by atoms with Crippen LogP contribution < -0.4 is 5.56 Å². The SMILES string of the molecule is CCC(SCCn1ccccc1=O)C(=O)O. The predicted molar refractivity (Wildman–Crippen MR) is 64.9 cm³/mol. The van der Waals surface area contributed by atoms with Crippen LogP contribution in [-0.2, 0) is 11.3 Å². The van der Waals surface area contributed by atoms with E-state index in [9.17, 15) is 9.59 Å². The Morgan fingerprint density at radius 1 is 1.56 bits per heavy atom. The fourth-order valence-corrected chi connectivity index (χ4v) is 2.27. The Morgan fingerprint density at radius 2 is 2.31 bits per heavy atom. The van der Waals surface area contributed by atoms with Gasteiger partial charge in [0, 0.05) is 24.6 Å². The van der Waals surface area contributed by atoms with E-state index < -0.39 is 5.97 Å². The minimum absolute atomic E-state index is 0.0496. The molecular weight excluding hydrogens is 226 g/mol. The maximum Gasteiger partial charge on any atom is 0.316 e. The van der Waals surface area contributed by atoms with Gasteiger partial charge in [0.05, 0.1) is 0 Å². The summed E-state index contributed by atoms with van der Waals surface area (Å²) in [7, 11) is 0. The molecule has 1 aromatic heterocycles. The van der Waals surface area contributed by atoms with Crippen molar-refractivity contribution in [2.45, 2.75) is 25.1 Å². The quantitative estimate of drug-likeness (QED) is 0.818. The minimum Gasteiger partial charge on any atom is -0.480 e. The summed E-state index contributed by atoms with van der Waals surface area (Å²) in [5.74, 6) is -0.151. The fourth-order valence-electron chi connectivity index (χ4n) is 1.30. The minimum atomic E-state index is -0.784. The highest BCUT2D eigenvalue weighted by molar-refractivity contribution is 8.00. The molecule has 0 aliphatic rings. The van der Waals surface area contributed by atoms with Crippen LogP contribution in [0.2, 0.25) is 0 Å². The molecular formula is C11H15NO3S. The molecule has 0 bridgehead atoms. The number of hydrogen-bond donors (Lipinski definition) is 1. The van der Waals surface area contributed by atoms with Gasteiger partial charge in [0.15, 0.2) is 0 Å². The number of hydrogen-bond acceptors (Lipinski definition) is 3. The zero-order valence-electron chi connectivity index (χ0n) is 9.13. The van der Waals surface area contributed by atoms with E-state index in [1.54, 1.807) is 22.9 Å². The van der Waals surface area contributed by atoms with E-state index in [4.69, 9.17) is 5.11 Å². The van der Waals surface area contributed by atoms with Crippen molar-refractivity contribution < 1.29 is 9.90 Å². The first-order valence-electron chi connectivity index (χ1n) is 5.15. The van der Waals surface area contributed by atoms with Gasteiger partial charge in [-0.25, -0.2) is 0 Å². The highest BCUT2D eigenvalue weighted by atomic mass is 32.2. The predicted octanol–water partition coefficient (Wildman–Crippen LogP) is 1.44. The van der Waals surface area contributed by atoms with Gasteiger partial charge in [-0.1, -0.05) is 13.0 Å². The number of carbonyl (C=O) groups is 1. The second-order valence-electron chi connectivity index (χ2n) is 3.34. The number of aliphatic carboxylic acids is 1. The first-order valence-corrected chi connectivity index (χ1v) is 6.20. The molecule has 1 heterocycles. The lowest BCUT2D eigenvalue weighted by Crippen LogP contribution is -2.21. The summed E-state index contributed by atoms with van der Waals surface area (Å²) in [5, 5.41) is 8.46. The lowest BCUT2D eigenvalue weighted by atomic mass is 10.3. The van der Waals surface area contributed by atoms with Crippen LogP contribution in [-0.4, -0.2) is 26.6 Å². The first kappa shape index (κ1) is 12.8. The highest BCUT2D eigenvalue weighted by Crippen LogP contribution is 2.14. The third-order valence-electron chi connectivity index (χ3n) is 2.20. The molecule has 0 saturated heterocycles. The van der Waals surface area contributed by atoms with Crippen LogP contribution in [0.4, 0.5) is 0 Å². The molecule has 0 aliphatic carbocycles. The molecule has 5 heteroatoms. The molecule has 16 heavy (non-hydrogen) atoms. The largest absolute Gasteiger partial charge is 0.480 e. The van der Waals surface area contributed by atoms with Crippen molar-refractivity contribution in [3.63, 3.8) is 0 Å². The van der Waals surface area contributed by atoms with Gasteiger partial charge >= 0.3 is 5.97 Å². The zero-order chi connectivity index (χ0) is 12.0. The fraction of sp³-hybridized carbons (Fsp3) is 0.455. The molecule has 4 nitrogen and oxygen atoms in total. The highest BCUT2D eigenvalue weighted by Gasteiger charge is 2.14. The van der Waals surface area contributed by atoms with Gasteiger partial charge in [0.2, 0.25) is 0 Å². The first-order chi connectivity index (χ1) is 7.65. The summed E-state index contributed by atoms with van der Waals surface area (Å²) in [6.07, 6.45) is 2.31. The van der Waals surface area contributed by atoms with E-state index in [1.807, 2.05) is 6.92 Å². The third-order valence-corrected chi connectivity index (χ3v) is 3.55. The molecule has 88 valence electrons. The van der Waals surface area contributed by atoms with E-state index in [0.29, 0.717) is 18.7 Å². The van der Waals surface area contributed by atoms with Gasteiger partial charge in [-0.3, -0.25) is 9.59 Å². The smallest absolute Gasteiger partial charge is 0.316 e. The van der Waals surface area contributed by atoms with Gasteiger partial charge in [0.25, 0.3) is 5.56 Å². The number of carboxylic acid groups (broad SMARTS) is 1. The number of rotatable bonds is 6. The van der Waals surface area contributed by atoms with E-state index >= 15 is 0 Å². The maximum atomic E-state index is 11.3. The Labute approximate surface area is 98.3 Å². The molecule has 0 saturated carbocycles. The van der Waals surface area contributed by atoms with E-state index in [1.165, 1.54) is 17.8 Å². The van der Waals surface area contributed by atoms with Gasteiger partial charge < -0.3 is 9.67 Å². The Kier molecular flexibility index (Phi) is 5.11. The van der Waals surface area contributed by atoms with Crippen LogP contribution >= 0.6 is 11.8 Å². The molecule has 0 fully saturated rings. The Hall–Kier alpha value is -1.23. The number of carboxylic acids is 1. The summed E-state index contributed by atoms with van der Waals surface area (Å²) < 4.78 is 1.58. The lowest BCUT2D eigenvalue weighted by Gasteiger charge is -2.09. The van der Waals surface area contributed by atoms with E-state index in [0.717, 1.165) is 0 Å². The lowest BCUT2D eigenvalue weighted by molar-refractivity contribution is -0.136. The van der Waals surface area contributed by atoms with Gasteiger partial charge in [-0.15, -0.1) is 11.8 Å². The third kappa shape index (κ3) is 3.73. The number of nitrogens with zero attached hydrogens (tertiary/aromatic N) is 1. The number of pyridine rings is 1. The molecule has 1 unspecified atom stereocenters.